The van der Waals surface area contributed by atoms with Crippen LogP contribution in [0.5, 0.6) is 0 Å². The van der Waals surface area contributed by atoms with Crippen molar-refractivity contribution in [3.63, 3.8) is 0 Å². The van der Waals surface area contributed by atoms with Gasteiger partial charge in [-0.15, -0.1) is 0 Å². The van der Waals surface area contributed by atoms with E-state index in [0.29, 0.717) is 5.69 Å². The third kappa shape index (κ3) is 3.48. The molecule has 0 bridgehead atoms. The normalized spacial score (nSPS) is 10.6. The number of pyridine rings is 2. The molecule has 1 amide bonds. The summed E-state index contributed by atoms with van der Waals surface area (Å²) in [5, 5.41) is 4.39. The number of anilines is 3. The van der Waals surface area contributed by atoms with Crippen LogP contribution in [0.25, 0.3) is 10.9 Å². The summed E-state index contributed by atoms with van der Waals surface area (Å²) in [4.78, 5) is 23.0. The number of benzene rings is 2. The zero-order valence-corrected chi connectivity index (χ0v) is 14.8. The van der Waals surface area contributed by atoms with Crippen molar-refractivity contribution in [1.29, 1.82) is 0 Å². The van der Waals surface area contributed by atoms with Crippen molar-refractivity contribution in [1.82, 2.24) is 9.97 Å². The lowest BCUT2D eigenvalue weighted by atomic mass is 10.2. The molecule has 0 saturated heterocycles. The van der Waals surface area contributed by atoms with Crippen LogP contribution in [-0.2, 0) is 0 Å². The molecule has 2 heterocycles. The van der Waals surface area contributed by atoms with E-state index in [4.69, 9.17) is 0 Å². The molecule has 5 nitrogen and oxygen atoms in total. The van der Waals surface area contributed by atoms with Crippen molar-refractivity contribution in [2.24, 2.45) is 0 Å². The SMILES string of the molecule is CN(C(=O)c1ccc(Nc2cccc3cccnc23)cn1)c1ccccc1. The molecule has 2 aromatic heterocycles. The van der Waals surface area contributed by atoms with Gasteiger partial charge in [-0.1, -0.05) is 36.4 Å². The molecule has 0 aliphatic heterocycles. The van der Waals surface area contributed by atoms with Gasteiger partial charge in [0, 0.05) is 24.3 Å². The fraction of sp³-hybridized carbons (Fsp3) is 0.0455. The minimum Gasteiger partial charge on any atom is -0.352 e. The third-order valence-corrected chi connectivity index (χ3v) is 4.34. The predicted molar refractivity (Wildman–Crippen MR) is 108 cm³/mol. The van der Waals surface area contributed by atoms with Crippen LogP contribution in [0.15, 0.2) is 85.2 Å². The van der Waals surface area contributed by atoms with Gasteiger partial charge in [0.1, 0.15) is 5.69 Å². The lowest BCUT2D eigenvalue weighted by molar-refractivity contribution is 0.0988. The van der Waals surface area contributed by atoms with Crippen LogP contribution in [0.3, 0.4) is 0 Å². The highest BCUT2D eigenvalue weighted by atomic mass is 16.2. The molecular weight excluding hydrogens is 336 g/mol. The van der Waals surface area contributed by atoms with Crippen molar-refractivity contribution in [2.75, 3.05) is 17.3 Å². The van der Waals surface area contributed by atoms with Crippen LogP contribution in [0.1, 0.15) is 10.5 Å². The second kappa shape index (κ2) is 7.25. The van der Waals surface area contributed by atoms with Gasteiger partial charge < -0.3 is 10.2 Å². The first-order valence-electron chi connectivity index (χ1n) is 8.62. The molecule has 4 rings (SSSR count). The van der Waals surface area contributed by atoms with Crippen LogP contribution in [0.2, 0.25) is 0 Å². The highest BCUT2D eigenvalue weighted by Crippen LogP contribution is 2.24. The number of para-hydroxylation sites is 2. The Labute approximate surface area is 157 Å². The van der Waals surface area contributed by atoms with Gasteiger partial charge >= 0.3 is 0 Å². The first-order valence-corrected chi connectivity index (χ1v) is 8.62. The molecule has 1 N–H and O–H groups in total. The Hall–Kier alpha value is -3.73. The fourth-order valence-corrected chi connectivity index (χ4v) is 2.90. The summed E-state index contributed by atoms with van der Waals surface area (Å²) in [7, 11) is 1.74. The van der Waals surface area contributed by atoms with E-state index in [0.717, 1.165) is 28.0 Å². The van der Waals surface area contributed by atoms with Gasteiger partial charge in [0.05, 0.1) is 23.1 Å². The lowest BCUT2D eigenvalue weighted by Gasteiger charge is -2.17. The van der Waals surface area contributed by atoms with Gasteiger partial charge in [-0.3, -0.25) is 9.78 Å². The van der Waals surface area contributed by atoms with Gasteiger partial charge in [-0.05, 0) is 36.4 Å². The van der Waals surface area contributed by atoms with E-state index in [1.54, 1.807) is 30.4 Å². The maximum absolute atomic E-state index is 12.6. The quantitative estimate of drug-likeness (QED) is 0.579. The molecule has 0 saturated carbocycles. The number of nitrogens with one attached hydrogen (secondary N) is 1. The monoisotopic (exact) mass is 354 g/mol. The molecule has 2 aromatic carbocycles. The highest BCUT2D eigenvalue weighted by Gasteiger charge is 2.14. The van der Waals surface area contributed by atoms with Gasteiger partial charge in [-0.2, -0.15) is 0 Å². The molecule has 0 atom stereocenters. The molecule has 27 heavy (non-hydrogen) atoms. The number of nitrogens with zero attached hydrogens (tertiary/aromatic N) is 3. The van der Waals surface area contributed by atoms with E-state index in [1.807, 2.05) is 66.7 Å². The van der Waals surface area contributed by atoms with Crippen LogP contribution < -0.4 is 10.2 Å². The molecule has 5 heteroatoms. The molecule has 0 fully saturated rings. The second-order valence-electron chi connectivity index (χ2n) is 6.14. The number of aromatic nitrogens is 2. The van der Waals surface area contributed by atoms with Crippen molar-refractivity contribution >= 4 is 33.9 Å². The molecule has 0 unspecified atom stereocenters. The number of hydrogen-bond acceptors (Lipinski definition) is 4. The van der Waals surface area contributed by atoms with Gasteiger partial charge in [0.2, 0.25) is 0 Å². The molecule has 0 spiro atoms. The first kappa shape index (κ1) is 16.7. The molecule has 0 aliphatic rings. The standard InChI is InChI=1S/C22H18N4O/c1-26(18-9-3-2-4-10-18)22(27)20-13-12-17(15-24-20)25-19-11-5-7-16-8-6-14-23-21(16)19/h2-15,25H,1H3. The summed E-state index contributed by atoms with van der Waals surface area (Å²) in [5.41, 5.74) is 3.81. The molecule has 0 radical (unpaired) electrons. The summed E-state index contributed by atoms with van der Waals surface area (Å²) in [6.45, 7) is 0. The minimum absolute atomic E-state index is 0.153. The fourth-order valence-electron chi connectivity index (χ4n) is 2.90. The number of carbonyl (C=O) groups excluding carboxylic acids is 1. The lowest BCUT2D eigenvalue weighted by Crippen LogP contribution is -2.26. The summed E-state index contributed by atoms with van der Waals surface area (Å²) in [6.07, 6.45) is 3.43. The van der Waals surface area contributed by atoms with Gasteiger partial charge in [0.15, 0.2) is 0 Å². The molecular formula is C22H18N4O. The predicted octanol–water partition coefficient (Wildman–Crippen LogP) is 4.65. The Morgan fingerprint density at radius 3 is 2.48 bits per heavy atom. The smallest absolute Gasteiger partial charge is 0.276 e. The number of hydrogen-bond donors (Lipinski definition) is 1. The number of rotatable bonds is 4. The molecule has 4 aromatic rings. The largest absolute Gasteiger partial charge is 0.352 e. The van der Waals surface area contributed by atoms with E-state index in [1.165, 1.54) is 0 Å². The number of amides is 1. The molecule has 0 aliphatic carbocycles. The Balaban J connectivity index is 1.54. The van der Waals surface area contributed by atoms with Gasteiger partial charge in [-0.25, -0.2) is 4.98 Å². The van der Waals surface area contributed by atoms with Crippen molar-refractivity contribution in [2.45, 2.75) is 0 Å². The minimum atomic E-state index is -0.153. The van der Waals surface area contributed by atoms with Gasteiger partial charge in [0.25, 0.3) is 5.91 Å². The highest BCUT2D eigenvalue weighted by molar-refractivity contribution is 6.04. The number of fused-ring (bicyclic) bond motifs is 1. The summed E-state index contributed by atoms with van der Waals surface area (Å²) >= 11 is 0. The summed E-state index contributed by atoms with van der Waals surface area (Å²) < 4.78 is 0. The Bertz CT molecular complexity index is 1070. The Morgan fingerprint density at radius 1 is 0.889 bits per heavy atom. The van der Waals surface area contributed by atoms with Crippen molar-refractivity contribution in [3.05, 3.63) is 90.9 Å². The third-order valence-electron chi connectivity index (χ3n) is 4.34. The van der Waals surface area contributed by atoms with Crippen LogP contribution in [-0.4, -0.2) is 22.9 Å². The van der Waals surface area contributed by atoms with Crippen LogP contribution >= 0.6 is 0 Å². The second-order valence-corrected chi connectivity index (χ2v) is 6.14. The number of carbonyl (C=O) groups is 1. The zero-order chi connectivity index (χ0) is 18.6. The van der Waals surface area contributed by atoms with E-state index in [9.17, 15) is 4.79 Å². The van der Waals surface area contributed by atoms with Crippen LogP contribution in [0.4, 0.5) is 17.1 Å². The van der Waals surface area contributed by atoms with Crippen molar-refractivity contribution < 1.29 is 4.79 Å². The summed E-state index contributed by atoms with van der Waals surface area (Å²) in [6, 6.07) is 23.0. The maximum atomic E-state index is 12.6. The van der Waals surface area contributed by atoms with E-state index < -0.39 is 0 Å². The Morgan fingerprint density at radius 2 is 1.70 bits per heavy atom. The average molecular weight is 354 g/mol. The van der Waals surface area contributed by atoms with E-state index in [2.05, 4.69) is 15.3 Å². The average Bonchev–Trinajstić information content (AvgIpc) is 2.74. The van der Waals surface area contributed by atoms with E-state index in [-0.39, 0.29) is 5.91 Å². The topological polar surface area (TPSA) is 58.1 Å². The van der Waals surface area contributed by atoms with E-state index >= 15 is 0 Å². The summed E-state index contributed by atoms with van der Waals surface area (Å²) in [5.74, 6) is -0.153. The zero-order valence-electron chi connectivity index (χ0n) is 14.8. The van der Waals surface area contributed by atoms with Crippen LogP contribution in [0, 0.1) is 0 Å². The Kier molecular flexibility index (Phi) is 4.49. The first-order chi connectivity index (χ1) is 13.2. The molecule has 132 valence electrons. The maximum Gasteiger partial charge on any atom is 0.276 e. The van der Waals surface area contributed by atoms with Crippen molar-refractivity contribution in [3.8, 4) is 0 Å².